The zero-order valence-electron chi connectivity index (χ0n) is 23.2. The van der Waals surface area contributed by atoms with Gasteiger partial charge in [-0.25, -0.2) is 4.79 Å². The Kier molecular flexibility index (Phi) is 8.02. The van der Waals surface area contributed by atoms with Crippen molar-refractivity contribution in [2.75, 3.05) is 39.1 Å². The van der Waals surface area contributed by atoms with Gasteiger partial charge in [-0.05, 0) is 28.8 Å². The van der Waals surface area contributed by atoms with Crippen LogP contribution in [0.25, 0.3) is 0 Å². The van der Waals surface area contributed by atoms with Gasteiger partial charge in [-0.2, -0.15) is 5.01 Å². The lowest BCUT2D eigenvalue weighted by Crippen LogP contribution is -2.65. The van der Waals surface area contributed by atoms with Gasteiger partial charge in [0.25, 0.3) is 0 Å². The molecule has 1 N–H and O–H groups in total. The molecule has 9 heteroatoms. The highest BCUT2D eigenvalue weighted by Crippen LogP contribution is 2.30. The third-order valence-electron chi connectivity index (χ3n) is 7.60. The highest BCUT2D eigenvalue weighted by Gasteiger charge is 2.51. The van der Waals surface area contributed by atoms with Gasteiger partial charge in [0.1, 0.15) is 12.2 Å². The molecule has 0 bridgehead atoms. The van der Waals surface area contributed by atoms with Gasteiger partial charge in [0.15, 0.2) is 0 Å². The molecular weight excluding hydrogens is 504 g/mol. The lowest BCUT2D eigenvalue weighted by molar-refractivity contribution is -0.157. The summed E-state index contributed by atoms with van der Waals surface area (Å²) in [5.41, 5.74) is 4.03. The molecule has 3 aromatic rings. The van der Waals surface area contributed by atoms with Crippen molar-refractivity contribution < 1.29 is 14.4 Å². The minimum Gasteiger partial charge on any atom is -0.378 e. The zero-order valence-corrected chi connectivity index (χ0v) is 23.2. The van der Waals surface area contributed by atoms with Gasteiger partial charge >= 0.3 is 6.03 Å². The summed E-state index contributed by atoms with van der Waals surface area (Å²) < 4.78 is 0. The molecule has 2 aliphatic rings. The van der Waals surface area contributed by atoms with E-state index in [4.69, 9.17) is 0 Å². The highest BCUT2D eigenvalue weighted by molar-refractivity contribution is 5.91. The number of carbonyl (C=O) groups excluding carboxylic acids is 3. The van der Waals surface area contributed by atoms with Crippen molar-refractivity contribution in [2.45, 2.75) is 31.7 Å². The Labute approximate surface area is 235 Å². The third kappa shape index (κ3) is 5.79. The van der Waals surface area contributed by atoms with Crippen LogP contribution in [-0.4, -0.2) is 84.1 Å². The number of urea groups is 1. The Hall–Kier alpha value is -4.37. The number of hydrogen-bond acceptors (Lipinski definition) is 5. The molecule has 0 saturated carbocycles. The summed E-state index contributed by atoms with van der Waals surface area (Å²) >= 11 is 0. The number of benzene rings is 3. The molecule has 0 radical (unpaired) electrons. The van der Waals surface area contributed by atoms with Crippen molar-refractivity contribution in [2.24, 2.45) is 0 Å². The van der Waals surface area contributed by atoms with Gasteiger partial charge in [0.2, 0.25) is 11.8 Å². The number of carbonyl (C=O) groups is 3. The first-order chi connectivity index (χ1) is 19.3. The van der Waals surface area contributed by atoms with E-state index >= 15 is 0 Å². The molecular formula is C31H36N6O3. The van der Waals surface area contributed by atoms with Crippen LogP contribution in [-0.2, 0) is 29.1 Å². The topological polar surface area (TPSA) is 79.4 Å². The first kappa shape index (κ1) is 27.2. The number of hydrogen-bond donors (Lipinski definition) is 1. The van der Waals surface area contributed by atoms with Crippen molar-refractivity contribution in [3.8, 4) is 0 Å². The molecule has 208 valence electrons. The van der Waals surface area contributed by atoms with Crippen LogP contribution in [0, 0.1) is 0 Å². The van der Waals surface area contributed by atoms with Crippen molar-refractivity contribution >= 4 is 23.5 Å². The molecule has 2 fully saturated rings. The van der Waals surface area contributed by atoms with Crippen molar-refractivity contribution in [3.63, 3.8) is 0 Å². The molecule has 2 saturated heterocycles. The maximum absolute atomic E-state index is 13.9. The van der Waals surface area contributed by atoms with Gasteiger partial charge in [-0.15, -0.1) is 0 Å². The van der Waals surface area contributed by atoms with Crippen LogP contribution in [0.4, 0.5) is 10.5 Å². The average Bonchev–Trinajstić information content (AvgIpc) is 3.30. The molecule has 0 aromatic heterocycles. The fourth-order valence-corrected chi connectivity index (χ4v) is 5.45. The molecule has 2 aliphatic heterocycles. The quantitative estimate of drug-likeness (QED) is 0.476. The Morgan fingerprint density at radius 1 is 0.875 bits per heavy atom. The molecule has 0 spiro atoms. The Balaban J connectivity index is 1.39. The molecule has 5 rings (SSSR count). The van der Waals surface area contributed by atoms with Gasteiger partial charge in [-0.3, -0.25) is 14.6 Å². The normalized spacial score (nSPS) is 19.0. The third-order valence-corrected chi connectivity index (χ3v) is 7.60. The molecule has 0 aliphatic carbocycles. The second-order valence-electron chi connectivity index (χ2n) is 10.5. The summed E-state index contributed by atoms with van der Waals surface area (Å²) in [5.74, 6) is -0.238. The van der Waals surface area contributed by atoms with E-state index in [2.05, 4.69) is 11.4 Å². The fourth-order valence-electron chi connectivity index (χ4n) is 5.45. The molecule has 4 amide bonds. The van der Waals surface area contributed by atoms with Gasteiger partial charge in [-0.1, -0.05) is 72.8 Å². The SMILES string of the molecule is CN(C)c1cccc(CN2C[C@H]3N(C(=O)CN3N(C)C(=O)NCc3ccccc3)[C@@H](Cc3ccccc3)C2=O)c1. The Morgan fingerprint density at radius 3 is 2.20 bits per heavy atom. The second kappa shape index (κ2) is 11.8. The average molecular weight is 541 g/mol. The van der Waals surface area contributed by atoms with E-state index in [-0.39, 0.29) is 24.4 Å². The first-order valence-corrected chi connectivity index (χ1v) is 13.5. The zero-order chi connectivity index (χ0) is 28.2. The van der Waals surface area contributed by atoms with Gasteiger partial charge in [0.05, 0.1) is 13.1 Å². The highest BCUT2D eigenvalue weighted by atomic mass is 16.2. The molecule has 40 heavy (non-hydrogen) atoms. The lowest BCUT2D eigenvalue weighted by atomic mass is 10.00. The van der Waals surface area contributed by atoms with Crippen molar-refractivity contribution in [1.29, 1.82) is 0 Å². The standard InChI is InChI=1S/C31H36N6O3/c1-33(2)26-16-10-15-25(17-26)20-35-21-28-36(34(3)31(40)32-19-24-13-8-5-9-14-24)22-29(38)37(28)27(30(35)39)18-23-11-6-4-7-12-23/h4-17,27-28H,18-22H2,1-3H3,(H,32,40)/t27-,28+/m0/s1. The Bertz CT molecular complexity index is 1350. The Morgan fingerprint density at radius 2 is 1.52 bits per heavy atom. The van der Waals surface area contributed by atoms with E-state index in [0.717, 1.165) is 22.4 Å². The van der Waals surface area contributed by atoms with Crippen LogP contribution in [0.15, 0.2) is 84.9 Å². The van der Waals surface area contributed by atoms with Gasteiger partial charge < -0.3 is 20.0 Å². The second-order valence-corrected chi connectivity index (χ2v) is 10.5. The van der Waals surface area contributed by atoms with E-state index in [1.807, 2.05) is 103 Å². The summed E-state index contributed by atoms with van der Waals surface area (Å²) in [5, 5.41) is 6.20. The number of nitrogens with one attached hydrogen (secondary N) is 1. The van der Waals surface area contributed by atoms with Crippen LogP contribution >= 0.6 is 0 Å². The summed E-state index contributed by atoms with van der Waals surface area (Å²) in [6.45, 7) is 1.13. The van der Waals surface area contributed by atoms with Crippen LogP contribution < -0.4 is 10.2 Å². The van der Waals surface area contributed by atoms with Crippen LogP contribution in [0.3, 0.4) is 0 Å². The maximum atomic E-state index is 13.9. The predicted molar refractivity (Wildman–Crippen MR) is 154 cm³/mol. The summed E-state index contributed by atoms with van der Waals surface area (Å²) in [6, 6.07) is 26.6. The van der Waals surface area contributed by atoms with Crippen LogP contribution in [0.2, 0.25) is 0 Å². The van der Waals surface area contributed by atoms with Crippen molar-refractivity contribution in [1.82, 2.24) is 25.1 Å². The first-order valence-electron chi connectivity index (χ1n) is 13.5. The number of piperazine rings is 1. The van der Waals surface area contributed by atoms with Gasteiger partial charge in [0, 0.05) is 46.3 Å². The number of fused-ring (bicyclic) bond motifs is 1. The summed E-state index contributed by atoms with van der Waals surface area (Å²) in [6.07, 6.45) is -0.0445. The predicted octanol–water partition coefficient (Wildman–Crippen LogP) is 2.93. The van der Waals surface area contributed by atoms with Crippen LogP contribution in [0.1, 0.15) is 16.7 Å². The molecule has 2 heterocycles. The van der Waals surface area contributed by atoms with E-state index in [1.165, 1.54) is 5.01 Å². The molecule has 9 nitrogen and oxygen atoms in total. The number of anilines is 1. The minimum absolute atomic E-state index is 0.0302. The van der Waals surface area contributed by atoms with E-state index in [1.54, 1.807) is 17.0 Å². The number of hydrazine groups is 1. The lowest BCUT2D eigenvalue weighted by Gasteiger charge is -2.45. The van der Waals surface area contributed by atoms with E-state index in [0.29, 0.717) is 26.1 Å². The molecule has 0 unspecified atom stereocenters. The number of rotatable bonds is 8. The number of nitrogens with zero attached hydrogens (tertiary/aromatic N) is 5. The van der Waals surface area contributed by atoms with Crippen LogP contribution in [0.5, 0.6) is 0 Å². The van der Waals surface area contributed by atoms with E-state index in [9.17, 15) is 14.4 Å². The smallest absolute Gasteiger partial charge is 0.332 e. The molecule has 3 aromatic carbocycles. The van der Waals surface area contributed by atoms with E-state index < -0.39 is 12.2 Å². The monoisotopic (exact) mass is 540 g/mol. The fraction of sp³-hybridized carbons (Fsp3) is 0.323. The minimum atomic E-state index is -0.656. The summed E-state index contributed by atoms with van der Waals surface area (Å²) in [7, 11) is 5.64. The summed E-state index contributed by atoms with van der Waals surface area (Å²) in [4.78, 5) is 46.0. The maximum Gasteiger partial charge on any atom is 0.332 e. The van der Waals surface area contributed by atoms with Crippen molar-refractivity contribution in [3.05, 3.63) is 102 Å². The largest absolute Gasteiger partial charge is 0.378 e. The number of amides is 4. The molecule has 2 atom stereocenters.